The van der Waals surface area contributed by atoms with E-state index in [2.05, 4.69) is 11.9 Å². The molecule has 0 bridgehead atoms. The predicted molar refractivity (Wildman–Crippen MR) is 61.4 cm³/mol. The average molecular weight is 209 g/mol. The Morgan fingerprint density at radius 3 is 2.60 bits per heavy atom. The lowest BCUT2D eigenvalue weighted by Gasteiger charge is -2.03. The van der Waals surface area contributed by atoms with Crippen LogP contribution >= 0.6 is 0 Å². The highest BCUT2D eigenvalue weighted by atomic mass is 19.1. The zero-order valence-corrected chi connectivity index (χ0v) is 9.72. The largest absolute Gasteiger partial charge is 0.258 e. The third-order valence-corrected chi connectivity index (χ3v) is 2.57. The van der Waals surface area contributed by atoms with Gasteiger partial charge in [0.1, 0.15) is 5.82 Å². The standard InChI is InChI=1S/C13H20FN/c1-3-4-5-6-7-8-13-12(14)9-11(2)10-15-13/h9-10H,3-8H2,1-2H3. The number of unbranched alkanes of at least 4 members (excludes halogenated alkanes) is 4. The van der Waals surface area contributed by atoms with Gasteiger partial charge in [0.15, 0.2) is 0 Å². The van der Waals surface area contributed by atoms with Gasteiger partial charge in [0.2, 0.25) is 0 Å². The van der Waals surface area contributed by atoms with Crippen molar-refractivity contribution in [3.63, 3.8) is 0 Å². The van der Waals surface area contributed by atoms with Crippen molar-refractivity contribution >= 4 is 0 Å². The fourth-order valence-corrected chi connectivity index (χ4v) is 1.64. The quantitative estimate of drug-likeness (QED) is 0.644. The van der Waals surface area contributed by atoms with Crippen LogP contribution in [0.2, 0.25) is 0 Å². The first-order chi connectivity index (χ1) is 7.24. The summed E-state index contributed by atoms with van der Waals surface area (Å²) in [5.41, 5.74) is 1.51. The zero-order valence-electron chi connectivity index (χ0n) is 9.72. The number of hydrogen-bond donors (Lipinski definition) is 0. The van der Waals surface area contributed by atoms with Crippen molar-refractivity contribution in [2.45, 2.75) is 52.4 Å². The molecule has 0 aliphatic rings. The molecule has 1 aromatic heterocycles. The van der Waals surface area contributed by atoms with Gasteiger partial charge in [0.05, 0.1) is 5.69 Å². The Labute approximate surface area is 91.7 Å². The predicted octanol–water partition coefficient (Wildman–Crippen LogP) is 4.04. The van der Waals surface area contributed by atoms with Gasteiger partial charge in [-0.05, 0) is 31.4 Å². The molecule has 1 heterocycles. The minimum Gasteiger partial charge on any atom is -0.258 e. The summed E-state index contributed by atoms with van der Waals surface area (Å²) in [6, 6.07) is 1.56. The van der Waals surface area contributed by atoms with E-state index in [9.17, 15) is 4.39 Å². The minimum absolute atomic E-state index is 0.148. The highest BCUT2D eigenvalue weighted by Gasteiger charge is 2.03. The zero-order chi connectivity index (χ0) is 11.1. The summed E-state index contributed by atoms with van der Waals surface area (Å²) in [7, 11) is 0. The summed E-state index contributed by atoms with van der Waals surface area (Å²) in [6.45, 7) is 4.06. The van der Waals surface area contributed by atoms with Crippen molar-refractivity contribution in [2.24, 2.45) is 0 Å². The van der Waals surface area contributed by atoms with Crippen LogP contribution in [0.5, 0.6) is 0 Å². The first-order valence-corrected chi connectivity index (χ1v) is 5.85. The maximum Gasteiger partial charge on any atom is 0.144 e. The van der Waals surface area contributed by atoms with Crippen LogP contribution in [0.3, 0.4) is 0 Å². The number of hydrogen-bond acceptors (Lipinski definition) is 1. The van der Waals surface area contributed by atoms with Gasteiger partial charge in [-0.1, -0.05) is 32.6 Å². The molecule has 0 aliphatic carbocycles. The topological polar surface area (TPSA) is 12.9 Å². The SMILES string of the molecule is CCCCCCCc1ncc(C)cc1F. The summed E-state index contributed by atoms with van der Waals surface area (Å²) < 4.78 is 13.4. The minimum atomic E-state index is -0.148. The van der Waals surface area contributed by atoms with E-state index < -0.39 is 0 Å². The van der Waals surface area contributed by atoms with Gasteiger partial charge in [-0.25, -0.2) is 4.39 Å². The summed E-state index contributed by atoms with van der Waals surface area (Å²) in [4.78, 5) is 4.12. The molecule has 1 rings (SSSR count). The van der Waals surface area contributed by atoms with Gasteiger partial charge >= 0.3 is 0 Å². The maximum absolute atomic E-state index is 13.4. The Bertz CT molecular complexity index is 297. The van der Waals surface area contributed by atoms with Gasteiger partial charge in [0, 0.05) is 6.20 Å². The molecule has 0 aromatic carbocycles. The molecule has 0 saturated carbocycles. The molecule has 2 heteroatoms. The van der Waals surface area contributed by atoms with E-state index in [0.717, 1.165) is 18.4 Å². The van der Waals surface area contributed by atoms with Crippen molar-refractivity contribution in [3.05, 3.63) is 29.3 Å². The van der Waals surface area contributed by atoms with Crippen LogP contribution in [-0.2, 0) is 6.42 Å². The second-order valence-electron chi connectivity index (χ2n) is 4.11. The number of aromatic nitrogens is 1. The van der Waals surface area contributed by atoms with Crippen molar-refractivity contribution in [2.75, 3.05) is 0 Å². The van der Waals surface area contributed by atoms with E-state index in [0.29, 0.717) is 5.69 Å². The average Bonchev–Trinajstić information content (AvgIpc) is 2.20. The molecule has 0 atom stereocenters. The number of halogens is 1. The monoisotopic (exact) mass is 209 g/mol. The first kappa shape index (κ1) is 12.2. The molecule has 0 unspecified atom stereocenters. The van der Waals surface area contributed by atoms with Gasteiger partial charge in [-0.15, -0.1) is 0 Å². The molecule has 0 fully saturated rings. The molecule has 1 nitrogen and oxygen atoms in total. The van der Waals surface area contributed by atoms with E-state index >= 15 is 0 Å². The van der Waals surface area contributed by atoms with E-state index in [1.54, 1.807) is 12.3 Å². The Morgan fingerprint density at radius 2 is 1.93 bits per heavy atom. The summed E-state index contributed by atoms with van der Waals surface area (Å²) in [5, 5.41) is 0. The van der Waals surface area contributed by atoms with Crippen molar-refractivity contribution in [1.82, 2.24) is 4.98 Å². The van der Waals surface area contributed by atoms with E-state index in [1.165, 1.54) is 25.7 Å². The van der Waals surface area contributed by atoms with Crippen molar-refractivity contribution < 1.29 is 4.39 Å². The molecular weight excluding hydrogens is 189 g/mol. The van der Waals surface area contributed by atoms with Crippen molar-refractivity contribution in [1.29, 1.82) is 0 Å². The lowest BCUT2D eigenvalue weighted by molar-refractivity contribution is 0.575. The second kappa shape index (κ2) is 6.54. The van der Waals surface area contributed by atoms with E-state index in [4.69, 9.17) is 0 Å². The molecule has 0 aliphatic heterocycles. The Morgan fingerprint density at radius 1 is 1.20 bits per heavy atom. The lowest BCUT2D eigenvalue weighted by Crippen LogP contribution is -1.96. The van der Waals surface area contributed by atoms with Crippen LogP contribution in [0.4, 0.5) is 4.39 Å². The molecule has 1 aromatic rings. The van der Waals surface area contributed by atoms with Gasteiger partial charge < -0.3 is 0 Å². The van der Waals surface area contributed by atoms with Gasteiger partial charge in [-0.3, -0.25) is 4.98 Å². The van der Waals surface area contributed by atoms with Gasteiger partial charge in [-0.2, -0.15) is 0 Å². The smallest absolute Gasteiger partial charge is 0.144 e. The normalized spacial score (nSPS) is 10.6. The Balaban J connectivity index is 2.31. The summed E-state index contributed by atoms with van der Waals surface area (Å²) in [5.74, 6) is -0.148. The van der Waals surface area contributed by atoms with Crippen LogP contribution in [-0.4, -0.2) is 4.98 Å². The van der Waals surface area contributed by atoms with Gasteiger partial charge in [0.25, 0.3) is 0 Å². The Kier molecular flexibility index (Phi) is 5.30. The highest BCUT2D eigenvalue weighted by Crippen LogP contribution is 2.11. The van der Waals surface area contributed by atoms with E-state index in [-0.39, 0.29) is 5.82 Å². The maximum atomic E-state index is 13.4. The third kappa shape index (κ3) is 4.41. The fraction of sp³-hybridized carbons (Fsp3) is 0.615. The second-order valence-corrected chi connectivity index (χ2v) is 4.11. The van der Waals surface area contributed by atoms with Crippen LogP contribution in [0.1, 0.15) is 50.3 Å². The molecule has 0 saturated heterocycles. The number of pyridine rings is 1. The lowest BCUT2D eigenvalue weighted by atomic mass is 10.1. The summed E-state index contributed by atoms with van der Waals surface area (Å²) in [6.07, 6.45) is 8.53. The van der Waals surface area contributed by atoms with Crippen LogP contribution < -0.4 is 0 Å². The van der Waals surface area contributed by atoms with E-state index in [1.807, 2.05) is 6.92 Å². The van der Waals surface area contributed by atoms with Crippen LogP contribution in [0.15, 0.2) is 12.3 Å². The number of aryl methyl sites for hydroxylation is 2. The molecule has 0 amide bonds. The third-order valence-electron chi connectivity index (χ3n) is 2.57. The molecule has 0 radical (unpaired) electrons. The fourth-order valence-electron chi connectivity index (χ4n) is 1.64. The first-order valence-electron chi connectivity index (χ1n) is 5.85. The number of rotatable bonds is 6. The molecule has 84 valence electrons. The van der Waals surface area contributed by atoms with Crippen LogP contribution in [0, 0.1) is 12.7 Å². The Hall–Kier alpha value is -0.920. The molecule has 15 heavy (non-hydrogen) atoms. The molecular formula is C13H20FN. The van der Waals surface area contributed by atoms with Crippen LogP contribution in [0.25, 0.3) is 0 Å². The summed E-state index contributed by atoms with van der Waals surface area (Å²) >= 11 is 0. The van der Waals surface area contributed by atoms with Crippen molar-refractivity contribution in [3.8, 4) is 0 Å². The molecule has 0 spiro atoms. The highest BCUT2D eigenvalue weighted by molar-refractivity contribution is 5.14. The molecule has 0 N–H and O–H groups in total. The number of nitrogens with zero attached hydrogens (tertiary/aromatic N) is 1.